The van der Waals surface area contributed by atoms with Gasteiger partial charge in [0.1, 0.15) is 22.4 Å². The molecule has 3 aromatic heterocycles. The third kappa shape index (κ3) is 2.80. The van der Waals surface area contributed by atoms with Gasteiger partial charge in [-0.3, -0.25) is 9.78 Å². The topological polar surface area (TPSA) is 85.6 Å². The first-order valence-corrected chi connectivity index (χ1v) is 8.65. The fourth-order valence-corrected chi connectivity index (χ4v) is 3.60. The summed E-state index contributed by atoms with van der Waals surface area (Å²) < 4.78 is 2.06. The van der Waals surface area contributed by atoms with Crippen molar-refractivity contribution in [2.75, 3.05) is 0 Å². The number of thiazole rings is 1. The van der Waals surface area contributed by atoms with Crippen LogP contribution in [0.5, 0.6) is 0 Å². The number of rotatable bonds is 3. The molecular formula is C16H16N6OS. The zero-order chi connectivity index (χ0) is 16.5. The summed E-state index contributed by atoms with van der Waals surface area (Å²) in [5.41, 5.74) is 1.22. The Bertz CT molecular complexity index is 872. The Labute approximate surface area is 142 Å². The van der Waals surface area contributed by atoms with Crippen molar-refractivity contribution < 1.29 is 4.79 Å². The minimum atomic E-state index is -0.146. The molecule has 1 aliphatic heterocycles. The summed E-state index contributed by atoms with van der Waals surface area (Å²) in [5.74, 6) is 1.73. The zero-order valence-corrected chi connectivity index (χ0v) is 14.0. The van der Waals surface area contributed by atoms with E-state index in [0.717, 1.165) is 35.2 Å². The van der Waals surface area contributed by atoms with Crippen molar-refractivity contribution in [3.63, 3.8) is 0 Å². The molecule has 1 N–H and O–H groups in total. The first kappa shape index (κ1) is 14.9. The fraction of sp³-hybridized carbons (Fsp3) is 0.312. The SMILES string of the molecule is Cc1nnc2n1C[C@@H](NC(=O)c1csc(-c3ccccn3)n1)CC2. The molecule has 0 radical (unpaired) electrons. The molecule has 0 bridgehead atoms. The van der Waals surface area contributed by atoms with Gasteiger partial charge in [-0.1, -0.05) is 6.07 Å². The summed E-state index contributed by atoms with van der Waals surface area (Å²) >= 11 is 1.43. The quantitative estimate of drug-likeness (QED) is 0.786. The molecule has 1 amide bonds. The molecule has 4 heterocycles. The Hall–Kier alpha value is -2.61. The van der Waals surface area contributed by atoms with Crippen molar-refractivity contribution in [3.05, 3.63) is 47.1 Å². The smallest absolute Gasteiger partial charge is 0.271 e. The van der Waals surface area contributed by atoms with E-state index in [4.69, 9.17) is 0 Å². The van der Waals surface area contributed by atoms with Gasteiger partial charge in [0.2, 0.25) is 0 Å². The van der Waals surface area contributed by atoms with Crippen LogP contribution < -0.4 is 5.32 Å². The molecule has 8 heteroatoms. The molecule has 122 valence electrons. The number of hydrogen-bond acceptors (Lipinski definition) is 6. The molecule has 0 spiro atoms. The summed E-state index contributed by atoms with van der Waals surface area (Å²) in [6.07, 6.45) is 3.40. The molecule has 1 atom stereocenters. The van der Waals surface area contributed by atoms with E-state index in [1.807, 2.05) is 25.1 Å². The summed E-state index contributed by atoms with van der Waals surface area (Å²) in [7, 11) is 0. The Balaban J connectivity index is 1.46. The lowest BCUT2D eigenvalue weighted by Crippen LogP contribution is -2.41. The van der Waals surface area contributed by atoms with E-state index in [-0.39, 0.29) is 11.9 Å². The molecule has 24 heavy (non-hydrogen) atoms. The lowest BCUT2D eigenvalue weighted by Gasteiger charge is -2.24. The van der Waals surface area contributed by atoms with E-state index in [1.165, 1.54) is 11.3 Å². The highest BCUT2D eigenvalue weighted by Crippen LogP contribution is 2.22. The van der Waals surface area contributed by atoms with Crippen LogP contribution in [-0.2, 0) is 13.0 Å². The maximum Gasteiger partial charge on any atom is 0.271 e. The van der Waals surface area contributed by atoms with E-state index in [9.17, 15) is 4.79 Å². The van der Waals surface area contributed by atoms with Crippen LogP contribution in [0.25, 0.3) is 10.7 Å². The number of nitrogens with one attached hydrogen (secondary N) is 1. The van der Waals surface area contributed by atoms with Crippen LogP contribution in [0.1, 0.15) is 28.6 Å². The molecule has 0 fully saturated rings. The van der Waals surface area contributed by atoms with Gasteiger partial charge in [-0.05, 0) is 25.5 Å². The van der Waals surface area contributed by atoms with Crippen molar-refractivity contribution in [2.24, 2.45) is 0 Å². The van der Waals surface area contributed by atoms with Gasteiger partial charge in [0, 0.05) is 30.6 Å². The second-order valence-corrected chi connectivity index (χ2v) is 6.59. The molecule has 4 rings (SSSR count). The van der Waals surface area contributed by atoms with Gasteiger partial charge in [-0.25, -0.2) is 4.98 Å². The average molecular weight is 340 g/mol. The largest absolute Gasteiger partial charge is 0.346 e. The minimum absolute atomic E-state index is 0.0692. The minimum Gasteiger partial charge on any atom is -0.346 e. The van der Waals surface area contributed by atoms with E-state index in [0.29, 0.717) is 12.2 Å². The average Bonchev–Trinajstić information content (AvgIpc) is 3.24. The van der Waals surface area contributed by atoms with E-state index < -0.39 is 0 Å². The predicted molar refractivity (Wildman–Crippen MR) is 89.7 cm³/mol. The highest BCUT2D eigenvalue weighted by molar-refractivity contribution is 7.13. The monoisotopic (exact) mass is 340 g/mol. The maximum atomic E-state index is 12.5. The highest BCUT2D eigenvalue weighted by Gasteiger charge is 2.24. The first-order valence-electron chi connectivity index (χ1n) is 7.77. The number of fused-ring (bicyclic) bond motifs is 1. The summed E-state index contributed by atoms with van der Waals surface area (Å²) in [4.78, 5) is 21.1. The zero-order valence-electron chi connectivity index (χ0n) is 13.1. The van der Waals surface area contributed by atoms with E-state index in [1.54, 1.807) is 11.6 Å². The summed E-state index contributed by atoms with van der Waals surface area (Å²) in [6, 6.07) is 5.72. The molecular weight excluding hydrogens is 324 g/mol. The van der Waals surface area contributed by atoms with Gasteiger partial charge in [0.25, 0.3) is 5.91 Å². The van der Waals surface area contributed by atoms with Crippen molar-refractivity contribution in [3.8, 4) is 10.7 Å². The van der Waals surface area contributed by atoms with Gasteiger partial charge in [-0.2, -0.15) is 0 Å². The number of hydrogen-bond donors (Lipinski definition) is 1. The number of aryl methyl sites for hydroxylation is 2. The Kier molecular flexibility index (Phi) is 3.81. The van der Waals surface area contributed by atoms with Crippen LogP contribution in [0.3, 0.4) is 0 Å². The molecule has 7 nitrogen and oxygen atoms in total. The Morgan fingerprint density at radius 2 is 2.29 bits per heavy atom. The Morgan fingerprint density at radius 3 is 3.12 bits per heavy atom. The normalized spacial score (nSPS) is 16.6. The molecule has 3 aromatic rings. The van der Waals surface area contributed by atoms with Crippen LogP contribution in [0.15, 0.2) is 29.8 Å². The summed E-state index contributed by atoms with van der Waals surface area (Å²) in [6.45, 7) is 2.64. The number of amides is 1. The number of aromatic nitrogens is 5. The van der Waals surface area contributed by atoms with E-state index in [2.05, 4.69) is 30.0 Å². The molecule has 0 aliphatic carbocycles. The van der Waals surface area contributed by atoms with Crippen LogP contribution in [0, 0.1) is 6.92 Å². The molecule has 0 unspecified atom stereocenters. The third-order valence-corrected chi connectivity index (χ3v) is 4.95. The van der Waals surface area contributed by atoms with Gasteiger partial charge in [0.15, 0.2) is 0 Å². The lowest BCUT2D eigenvalue weighted by molar-refractivity contribution is 0.0923. The van der Waals surface area contributed by atoms with Crippen LogP contribution in [0.2, 0.25) is 0 Å². The molecule has 0 aromatic carbocycles. The highest BCUT2D eigenvalue weighted by atomic mass is 32.1. The number of carbonyl (C=O) groups is 1. The van der Waals surface area contributed by atoms with Crippen LogP contribution >= 0.6 is 11.3 Å². The second kappa shape index (κ2) is 6.12. The first-order chi connectivity index (χ1) is 11.7. The van der Waals surface area contributed by atoms with Crippen LogP contribution in [-0.4, -0.2) is 36.7 Å². The summed E-state index contributed by atoms with van der Waals surface area (Å²) in [5, 5.41) is 13.8. The second-order valence-electron chi connectivity index (χ2n) is 5.74. The number of nitrogens with zero attached hydrogens (tertiary/aromatic N) is 5. The predicted octanol–water partition coefficient (Wildman–Crippen LogP) is 1.85. The third-order valence-electron chi connectivity index (χ3n) is 4.09. The van der Waals surface area contributed by atoms with Gasteiger partial charge < -0.3 is 9.88 Å². The van der Waals surface area contributed by atoms with Crippen molar-refractivity contribution in [1.82, 2.24) is 30.0 Å². The lowest BCUT2D eigenvalue weighted by atomic mass is 10.1. The number of carbonyl (C=O) groups excluding carboxylic acids is 1. The van der Waals surface area contributed by atoms with E-state index >= 15 is 0 Å². The van der Waals surface area contributed by atoms with Crippen molar-refractivity contribution in [1.29, 1.82) is 0 Å². The number of pyridine rings is 1. The molecule has 1 aliphatic rings. The van der Waals surface area contributed by atoms with Crippen molar-refractivity contribution >= 4 is 17.2 Å². The Morgan fingerprint density at radius 1 is 1.38 bits per heavy atom. The van der Waals surface area contributed by atoms with Crippen molar-refractivity contribution in [2.45, 2.75) is 32.4 Å². The fourth-order valence-electron chi connectivity index (χ4n) is 2.82. The van der Waals surface area contributed by atoms with Gasteiger partial charge >= 0.3 is 0 Å². The molecule has 0 saturated carbocycles. The molecule has 0 saturated heterocycles. The standard InChI is InChI=1S/C16H16N6OS/c1-10-20-21-14-6-5-11(8-22(10)14)18-15(23)13-9-24-16(19-13)12-4-2-3-7-17-12/h2-4,7,9,11H,5-6,8H2,1H3,(H,18,23)/t11-/m0/s1. The maximum absolute atomic E-state index is 12.5. The van der Waals surface area contributed by atoms with Gasteiger partial charge in [0.05, 0.1) is 5.69 Å². The van der Waals surface area contributed by atoms with Gasteiger partial charge in [-0.15, -0.1) is 21.5 Å². The van der Waals surface area contributed by atoms with Crippen LogP contribution in [0.4, 0.5) is 0 Å².